The van der Waals surface area contributed by atoms with Crippen molar-refractivity contribution >= 4 is 5.82 Å². The van der Waals surface area contributed by atoms with Crippen LogP contribution in [0, 0.1) is 6.92 Å². The molecule has 4 N–H and O–H groups in total. The van der Waals surface area contributed by atoms with E-state index in [1.165, 1.54) is 0 Å². The highest BCUT2D eigenvalue weighted by Crippen LogP contribution is 2.28. The Morgan fingerprint density at radius 2 is 2.07 bits per heavy atom. The minimum Gasteiger partial charge on any atom is -0.402 e. The van der Waals surface area contributed by atoms with Gasteiger partial charge in [-0.25, -0.2) is 4.98 Å². The molecule has 0 bridgehead atoms. The molecule has 0 aliphatic carbocycles. The molecule has 0 saturated carbocycles. The van der Waals surface area contributed by atoms with Crippen LogP contribution in [0.3, 0.4) is 0 Å². The van der Waals surface area contributed by atoms with E-state index >= 15 is 0 Å². The van der Waals surface area contributed by atoms with Crippen LogP contribution in [0.2, 0.25) is 0 Å². The van der Waals surface area contributed by atoms with Crippen molar-refractivity contribution in [1.82, 2.24) is 4.98 Å². The fourth-order valence-electron chi connectivity index (χ4n) is 1.06. The Balaban J connectivity index is 3.08. The van der Waals surface area contributed by atoms with E-state index < -0.39 is 12.1 Å². The highest BCUT2D eigenvalue weighted by atomic mass is 19.4. The first-order valence-electron chi connectivity index (χ1n) is 4.05. The molecule has 0 fully saturated rings. The highest BCUT2D eigenvalue weighted by molar-refractivity contribution is 5.49. The molecule has 0 amide bonds. The third kappa shape index (κ3) is 2.98. The van der Waals surface area contributed by atoms with E-state index in [1.54, 1.807) is 6.92 Å². The van der Waals surface area contributed by atoms with Crippen LogP contribution in [0.1, 0.15) is 11.3 Å². The zero-order chi connectivity index (χ0) is 11.6. The number of hydrogen-bond donors (Lipinski definition) is 2. The Bertz CT molecular complexity index is 365. The molecule has 1 aromatic heterocycles. The number of hydrogen-bond acceptors (Lipinski definition) is 4. The Hall–Kier alpha value is -1.50. The number of aryl methyl sites for hydroxylation is 1. The van der Waals surface area contributed by atoms with Crippen LogP contribution in [0.5, 0.6) is 5.75 Å². The number of ether oxygens (including phenoxy) is 1. The molecule has 0 aliphatic heterocycles. The van der Waals surface area contributed by atoms with Gasteiger partial charge in [-0.3, -0.25) is 0 Å². The molecule has 1 heterocycles. The Labute approximate surface area is 84.0 Å². The average Bonchev–Trinajstić information content (AvgIpc) is 2.07. The number of pyridine rings is 1. The third-order valence-electron chi connectivity index (χ3n) is 1.76. The lowest BCUT2D eigenvalue weighted by molar-refractivity contribution is -0.274. The molecule has 0 saturated heterocycles. The Morgan fingerprint density at radius 1 is 1.47 bits per heavy atom. The number of alkyl halides is 3. The van der Waals surface area contributed by atoms with Gasteiger partial charge in [0.05, 0.1) is 0 Å². The van der Waals surface area contributed by atoms with E-state index in [-0.39, 0.29) is 12.4 Å². The lowest BCUT2D eigenvalue weighted by atomic mass is 10.2. The van der Waals surface area contributed by atoms with E-state index in [9.17, 15) is 13.2 Å². The Morgan fingerprint density at radius 3 is 2.53 bits per heavy atom. The van der Waals surface area contributed by atoms with Gasteiger partial charge in [0.15, 0.2) is 11.6 Å². The SMILES string of the molecule is Cc1nc(N)c(OC(F)(F)F)cc1CN. The summed E-state index contributed by atoms with van der Waals surface area (Å²) in [6.45, 7) is 1.68. The topological polar surface area (TPSA) is 74.2 Å². The first-order chi connectivity index (χ1) is 6.83. The smallest absolute Gasteiger partial charge is 0.402 e. The number of nitrogens with two attached hydrogens (primary N) is 2. The molecule has 1 rings (SSSR count). The van der Waals surface area contributed by atoms with E-state index in [2.05, 4.69) is 9.72 Å². The molecule has 0 atom stereocenters. The summed E-state index contributed by atoms with van der Waals surface area (Å²) in [5, 5.41) is 0. The van der Waals surface area contributed by atoms with Crippen molar-refractivity contribution in [1.29, 1.82) is 0 Å². The summed E-state index contributed by atoms with van der Waals surface area (Å²) in [6, 6.07) is 1.14. The molecule has 0 unspecified atom stereocenters. The minimum absolute atomic E-state index is 0.0767. The van der Waals surface area contributed by atoms with Crippen LogP contribution < -0.4 is 16.2 Å². The molecular weight excluding hydrogens is 211 g/mol. The van der Waals surface area contributed by atoms with Crippen LogP contribution in [-0.2, 0) is 6.54 Å². The van der Waals surface area contributed by atoms with Gasteiger partial charge in [-0.05, 0) is 18.6 Å². The van der Waals surface area contributed by atoms with E-state index in [4.69, 9.17) is 11.5 Å². The van der Waals surface area contributed by atoms with Crippen molar-refractivity contribution in [2.45, 2.75) is 19.8 Å². The van der Waals surface area contributed by atoms with E-state index in [0.29, 0.717) is 11.3 Å². The maximum Gasteiger partial charge on any atom is 0.573 e. The van der Waals surface area contributed by atoms with Crippen molar-refractivity contribution in [3.63, 3.8) is 0 Å². The predicted molar refractivity (Wildman–Crippen MR) is 48.0 cm³/mol. The summed E-state index contributed by atoms with van der Waals surface area (Å²) >= 11 is 0. The van der Waals surface area contributed by atoms with Crippen molar-refractivity contribution in [3.05, 3.63) is 17.3 Å². The van der Waals surface area contributed by atoms with Crippen LogP contribution in [-0.4, -0.2) is 11.3 Å². The molecule has 7 heteroatoms. The summed E-state index contributed by atoms with van der Waals surface area (Å²) < 4.78 is 39.4. The van der Waals surface area contributed by atoms with E-state index in [1.807, 2.05) is 0 Å². The fourth-order valence-corrected chi connectivity index (χ4v) is 1.06. The molecule has 1 aromatic rings. The van der Waals surface area contributed by atoms with Crippen LogP contribution in [0.4, 0.5) is 19.0 Å². The number of nitrogens with zero attached hydrogens (tertiary/aromatic N) is 1. The molecule has 84 valence electrons. The quantitative estimate of drug-likeness (QED) is 0.790. The fraction of sp³-hybridized carbons (Fsp3) is 0.375. The summed E-state index contributed by atoms with van der Waals surface area (Å²) in [5.41, 5.74) is 11.5. The molecule has 0 aliphatic rings. The molecule has 0 aromatic carbocycles. The van der Waals surface area contributed by atoms with Gasteiger partial charge in [0, 0.05) is 12.2 Å². The number of aromatic nitrogens is 1. The van der Waals surface area contributed by atoms with E-state index in [0.717, 1.165) is 6.07 Å². The number of rotatable bonds is 2. The average molecular weight is 221 g/mol. The zero-order valence-electron chi connectivity index (χ0n) is 7.93. The first-order valence-corrected chi connectivity index (χ1v) is 4.05. The lowest BCUT2D eigenvalue weighted by Crippen LogP contribution is -2.19. The monoisotopic (exact) mass is 221 g/mol. The summed E-state index contributed by atoms with van der Waals surface area (Å²) in [7, 11) is 0. The summed E-state index contributed by atoms with van der Waals surface area (Å²) in [4.78, 5) is 3.70. The predicted octanol–water partition coefficient (Wildman–Crippen LogP) is 1.33. The maximum absolute atomic E-state index is 11.9. The van der Waals surface area contributed by atoms with Gasteiger partial charge >= 0.3 is 6.36 Å². The molecule has 15 heavy (non-hydrogen) atoms. The van der Waals surface area contributed by atoms with Gasteiger partial charge in [0.25, 0.3) is 0 Å². The maximum atomic E-state index is 11.9. The highest BCUT2D eigenvalue weighted by Gasteiger charge is 2.32. The third-order valence-corrected chi connectivity index (χ3v) is 1.76. The van der Waals surface area contributed by atoms with Gasteiger partial charge in [-0.1, -0.05) is 0 Å². The van der Waals surface area contributed by atoms with Crippen molar-refractivity contribution in [2.75, 3.05) is 5.73 Å². The van der Waals surface area contributed by atoms with Gasteiger partial charge < -0.3 is 16.2 Å². The Kier molecular flexibility index (Phi) is 3.04. The minimum atomic E-state index is -4.78. The number of anilines is 1. The summed E-state index contributed by atoms with van der Waals surface area (Å²) in [5.74, 6) is -0.824. The summed E-state index contributed by atoms with van der Waals surface area (Å²) in [6.07, 6.45) is -4.78. The van der Waals surface area contributed by atoms with Crippen LogP contribution >= 0.6 is 0 Å². The van der Waals surface area contributed by atoms with Gasteiger partial charge in [-0.2, -0.15) is 0 Å². The second-order valence-corrected chi connectivity index (χ2v) is 2.87. The largest absolute Gasteiger partial charge is 0.573 e. The number of halogens is 3. The first kappa shape index (κ1) is 11.6. The second-order valence-electron chi connectivity index (χ2n) is 2.87. The van der Waals surface area contributed by atoms with Gasteiger partial charge in [0.1, 0.15) is 0 Å². The van der Waals surface area contributed by atoms with Gasteiger partial charge in [0.2, 0.25) is 0 Å². The molecule has 0 spiro atoms. The zero-order valence-corrected chi connectivity index (χ0v) is 7.93. The molecular formula is C8H10F3N3O. The lowest BCUT2D eigenvalue weighted by Gasteiger charge is -2.12. The van der Waals surface area contributed by atoms with Crippen molar-refractivity contribution < 1.29 is 17.9 Å². The number of nitrogen functional groups attached to an aromatic ring is 1. The van der Waals surface area contributed by atoms with Crippen molar-refractivity contribution in [2.24, 2.45) is 5.73 Å². The standard InChI is InChI=1S/C8H10F3N3O/c1-4-5(3-12)2-6(7(13)14-4)15-8(9,10)11/h2H,3,12H2,1H3,(H2,13,14). The van der Waals surface area contributed by atoms with Crippen LogP contribution in [0.15, 0.2) is 6.07 Å². The second kappa shape index (κ2) is 3.93. The molecule has 4 nitrogen and oxygen atoms in total. The van der Waals surface area contributed by atoms with Crippen molar-refractivity contribution in [3.8, 4) is 5.75 Å². The van der Waals surface area contributed by atoms with Gasteiger partial charge in [-0.15, -0.1) is 13.2 Å². The normalized spacial score (nSPS) is 11.5. The van der Waals surface area contributed by atoms with Crippen LogP contribution in [0.25, 0.3) is 0 Å². The molecule has 0 radical (unpaired) electrons.